The lowest BCUT2D eigenvalue weighted by atomic mass is 10.1. The number of thiophene rings is 1. The number of benzene rings is 1. The van der Waals surface area contributed by atoms with E-state index in [1.807, 2.05) is 31.2 Å². The summed E-state index contributed by atoms with van der Waals surface area (Å²) in [6.07, 6.45) is 0. The van der Waals surface area contributed by atoms with Gasteiger partial charge in [-0.15, -0.1) is 11.3 Å². The van der Waals surface area contributed by atoms with Crippen molar-refractivity contribution in [3.05, 3.63) is 35.7 Å². The van der Waals surface area contributed by atoms with Crippen LogP contribution in [-0.2, 0) is 0 Å². The van der Waals surface area contributed by atoms with Crippen LogP contribution in [0.2, 0.25) is 0 Å². The van der Waals surface area contributed by atoms with E-state index in [-0.39, 0.29) is 5.95 Å². The van der Waals surface area contributed by atoms with Gasteiger partial charge in [-0.05, 0) is 36.1 Å². The van der Waals surface area contributed by atoms with Crippen molar-refractivity contribution < 1.29 is 4.74 Å². The van der Waals surface area contributed by atoms with E-state index in [4.69, 9.17) is 10.5 Å². The molecule has 1 aromatic carbocycles. The molecule has 0 amide bonds. The third kappa shape index (κ3) is 2.24. The van der Waals surface area contributed by atoms with Crippen LogP contribution in [0, 0.1) is 0 Å². The fourth-order valence-electron chi connectivity index (χ4n) is 1.96. The standard InChI is InChI=1S/C14H13N3OS/c1-2-18-13-10-8-9(12-4-3-7-19-12)5-6-11(10)16-14(15)17-13/h3-8H,2H2,1H3,(H2,15,16,17). The average molecular weight is 271 g/mol. The molecule has 2 N–H and O–H groups in total. The van der Waals surface area contributed by atoms with Crippen molar-refractivity contribution in [3.63, 3.8) is 0 Å². The van der Waals surface area contributed by atoms with Gasteiger partial charge in [0.05, 0.1) is 17.5 Å². The fraction of sp³-hybridized carbons (Fsp3) is 0.143. The molecule has 3 rings (SSSR count). The number of aromatic nitrogens is 2. The number of hydrogen-bond acceptors (Lipinski definition) is 5. The maximum absolute atomic E-state index is 5.69. The summed E-state index contributed by atoms with van der Waals surface area (Å²) in [5, 5.41) is 2.95. The first-order valence-corrected chi connectivity index (χ1v) is 6.90. The van der Waals surface area contributed by atoms with Gasteiger partial charge in [-0.2, -0.15) is 4.98 Å². The Hall–Kier alpha value is -2.14. The molecule has 0 radical (unpaired) electrons. The van der Waals surface area contributed by atoms with Gasteiger partial charge in [0, 0.05) is 4.88 Å². The summed E-state index contributed by atoms with van der Waals surface area (Å²) in [4.78, 5) is 9.60. The van der Waals surface area contributed by atoms with Crippen molar-refractivity contribution in [2.45, 2.75) is 6.92 Å². The van der Waals surface area contributed by atoms with Gasteiger partial charge in [-0.1, -0.05) is 12.1 Å². The molecule has 0 bridgehead atoms. The van der Waals surface area contributed by atoms with Crippen molar-refractivity contribution in [2.75, 3.05) is 12.3 Å². The molecule has 0 aliphatic carbocycles. The van der Waals surface area contributed by atoms with E-state index in [0.717, 1.165) is 16.5 Å². The average Bonchev–Trinajstić information content (AvgIpc) is 2.92. The normalized spacial score (nSPS) is 10.8. The summed E-state index contributed by atoms with van der Waals surface area (Å²) in [5.41, 5.74) is 7.63. The number of nitrogen functional groups attached to an aromatic ring is 1. The van der Waals surface area contributed by atoms with Gasteiger partial charge in [0.15, 0.2) is 0 Å². The molecular formula is C14H13N3OS. The molecule has 3 aromatic rings. The number of hydrogen-bond donors (Lipinski definition) is 1. The Morgan fingerprint density at radius 3 is 2.89 bits per heavy atom. The van der Waals surface area contributed by atoms with Crippen molar-refractivity contribution >= 4 is 28.2 Å². The van der Waals surface area contributed by atoms with Gasteiger partial charge in [0.2, 0.25) is 11.8 Å². The molecule has 0 saturated carbocycles. The zero-order chi connectivity index (χ0) is 13.2. The van der Waals surface area contributed by atoms with Crippen LogP contribution >= 0.6 is 11.3 Å². The molecule has 4 nitrogen and oxygen atoms in total. The first-order chi connectivity index (χ1) is 9.28. The molecule has 0 saturated heterocycles. The molecule has 19 heavy (non-hydrogen) atoms. The highest BCUT2D eigenvalue weighted by atomic mass is 32.1. The molecule has 0 atom stereocenters. The highest BCUT2D eigenvalue weighted by molar-refractivity contribution is 7.13. The molecule has 2 aromatic heterocycles. The third-order valence-corrected chi connectivity index (χ3v) is 3.68. The number of fused-ring (bicyclic) bond motifs is 1. The quantitative estimate of drug-likeness (QED) is 0.793. The first-order valence-electron chi connectivity index (χ1n) is 6.02. The summed E-state index contributed by atoms with van der Waals surface area (Å²) in [6, 6.07) is 10.2. The predicted octanol–water partition coefficient (Wildman–Crippen LogP) is 3.34. The van der Waals surface area contributed by atoms with Gasteiger partial charge in [-0.3, -0.25) is 0 Å². The summed E-state index contributed by atoms with van der Waals surface area (Å²) < 4.78 is 5.54. The molecule has 0 fully saturated rings. The second-order valence-corrected chi connectivity index (χ2v) is 4.98. The maximum atomic E-state index is 5.69. The molecule has 2 heterocycles. The zero-order valence-electron chi connectivity index (χ0n) is 10.5. The topological polar surface area (TPSA) is 61.0 Å². The molecule has 0 aliphatic rings. The summed E-state index contributed by atoms with van der Waals surface area (Å²) in [5.74, 6) is 0.781. The lowest BCUT2D eigenvalue weighted by Crippen LogP contribution is -2.01. The van der Waals surface area contributed by atoms with E-state index in [2.05, 4.69) is 21.4 Å². The lowest BCUT2D eigenvalue weighted by Gasteiger charge is -2.08. The second kappa shape index (κ2) is 4.85. The minimum absolute atomic E-state index is 0.236. The first kappa shape index (κ1) is 11.9. The van der Waals surface area contributed by atoms with Crippen LogP contribution in [0.25, 0.3) is 21.3 Å². The Morgan fingerprint density at radius 1 is 1.26 bits per heavy atom. The summed E-state index contributed by atoms with van der Waals surface area (Å²) >= 11 is 1.70. The van der Waals surface area contributed by atoms with Crippen LogP contribution in [0.1, 0.15) is 6.92 Å². The number of anilines is 1. The largest absolute Gasteiger partial charge is 0.477 e. The maximum Gasteiger partial charge on any atom is 0.226 e. The van der Waals surface area contributed by atoms with Gasteiger partial charge in [0.1, 0.15) is 0 Å². The highest BCUT2D eigenvalue weighted by Gasteiger charge is 2.09. The van der Waals surface area contributed by atoms with Crippen molar-refractivity contribution in [1.29, 1.82) is 0 Å². The molecule has 0 spiro atoms. The number of nitrogens with zero attached hydrogens (tertiary/aromatic N) is 2. The monoisotopic (exact) mass is 271 g/mol. The SMILES string of the molecule is CCOc1nc(N)nc2ccc(-c3cccs3)cc12. The van der Waals surface area contributed by atoms with Gasteiger partial charge in [0.25, 0.3) is 0 Å². The Morgan fingerprint density at radius 2 is 2.16 bits per heavy atom. The number of ether oxygens (including phenoxy) is 1. The van der Waals surface area contributed by atoms with Gasteiger partial charge >= 0.3 is 0 Å². The minimum Gasteiger partial charge on any atom is -0.477 e. The fourth-order valence-corrected chi connectivity index (χ4v) is 2.68. The predicted molar refractivity (Wildman–Crippen MR) is 78.4 cm³/mol. The van der Waals surface area contributed by atoms with Crippen LogP contribution in [0.15, 0.2) is 35.7 Å². The van der Waals surface area contributed by atoms with Gasteiger partial charge in [-0.25, -0.2) is 4.98 Å². The third-order valence-electron chi connectivity index (χ3n) is 2.76. The highest BCUT2D eigenvalue weighted by Crippen LogP contribution is 2.31. The molecule has 0 aliphatic heterocycles. The van der Waals surface area contributed by atoms with Crippen molar-refractivity contribution in [3.8, 4) is 16.3 Å². The second-order valence-electron chi connectivity index (χ2n) is 4.03. The van der Waals surface area contributed by atoms with E-state index in [9.17, 15) is 0 Å². The van der Waals surface area contributed by atoms with E-state index in [0.29, 0.717) is 12.5 Å². The van der Waals surface area contributed by atoms with E-state index in [1.165, 1.54) is 4.88 Å². The van der Waals surface area contributed by atoms with Gasteiger partial charge < -0.3 is 10.5 Å². The lowest BCUT2D eigenvalue weighted by molar-refractivity contribution is 0.331. The van der Waals surface area contributed by atoms with Crippen LogP contribution < -0.4 is 10.5 Å². The summed E-state index contributed by atoms with van der Waals surface area (Å²) in [6.45, 7) is 2.47. The smallest absolute Gasteiger partial charge is 0.226 e. The molecule has 96 valence electrons. The Balaban J connectivity index is 2.20. The van der Waals surface area contributed by atoms with Crippen molar-refractivity contribution in [2.24, 2.45) is 0 Å². The summed E-state index contributed by atoms with van der Waals surface area (Å²) in [7, 11) is 0. The minimum atomic E-state index is 0.236. The van der Waals surface area contributed by atoms with E-state index < -0.39 is 0 Å². The van der Waals surface area contributed by atoms with Crippen LogP contribution in [0.5, 0.6) is 5.88 Å². The van der Waals surface area contributed by atoms with E-state index >= 15 is 0 Å². The number of rotatable bonds is 3. The zero-order valence-corrected chi connectivity index (χ0v) is 11.3. The Kier molecular flexibility index (Phi) is 3.05. The van der Waals surface area contributed by atoms with Crippen LogP contribution in [-0.4, -0.2) is 16.6 Å². The Labute approximate surface area is 114 Å². The van der Waals surface area contributed by atoms with Crippen molar-refractivity contribution in [1.82, 2.24) is 9.97 Å². The Bertz CT molecular complexity index is 710. The van der Waals surface area contributed by atoms with Crippen LogP contribution in [0.3, 0.4) is 0 Å². The van der Waals surface area contributed by atoms with Crippen LogP contribution in [0.4, 0.5) is 5.95 Å². The van der Waals surface area contributed by atoms with E-state index in [1.54, 1.807) is 11.3 Å². The molecular weight excluding hydrogens is 258 g/mol. The molecule has 0 unspecified atom stereocenters. The molecule has 5 heteroatoms. The number of nitrogens with two attached hydrogens (primary N) is 1.